The minimum absolute atomic E-state index is 0.252. The molecule has 3 nitrogen and oxygen atoms in total. The van der Waals surface area contributed by atoms with Crippen molar-refractivity contribution in [2.24, 2.45) is 0 Å². The van der Waals surface area contributed by atoms with Crippen LogP contribution >= 0.6 is 0 Å². The summed E-state index contributed by atoms with van der Waals surface area (Å²) in [6, 6.07) is 0. The maximum Gasteiger partial charge on any atom is 0.0906 e. The molecule has 74 valence electrons. The largest absolute Gasteiger partial charge is 0.382 e. The van der Waals surface area contributed by atoms with E-state index in [-0.39, 0.29) is 6.67 Å². The van der Waals surface area contributed by atoms with E-state index in [4.69, 9.17) is 9.47 Å². The fourth-order valence-corrected chi connectivity index (χ4v) is 0.705. The second-order valence-electron chi connectivity index (χ2n) is 2.40. The Balaban J connectivity index is 2.73. The van der Waals surface area contributed by atoms with Crippen LogP contribution < -0.4 is 5.32 Å². The van der Waals surface area contributed by atoms with Gasteiger partial charge in [0.1, 0.15) is 0 Å². The summed E-state index contributed by atoms with van der Waals surface area (Å²) in [6.07, 6.45) is 0.581. The van der Waals surface area contributed by atoms with E-state index in [0.717, 1.165) is 13.1 Å². The predicted octanol–water partition coefficient (Wildman–Crippen LogP) is 0.599. The molecule has 0 saturated heterocycles. The molecule has 0 aromatic heterocycles. The molecule has 0 unspecified atom stereocenters. The first-order valence-electron chi connectivity index (χ1n) is 4.25. The van der Waals surface area contributed by atoms with Gasteiger partial charge in [-0.15, -0.1) is 0 Å². The summed E-state index contributed by atoms with van der Waals surface area (Å²) in [4.78, 5) is 0. The molecule has 0 atom stereocenters. The lowest BCUT2D eigenvalue weighted by atomic mass is 10.4. The van der Waals surface area contributed by atoms with E-state index in [1.165, 1.54) is 0 Å². The summed E-state index contributed by atoms with van der Waals surface area (Å²) in [5, 5.41) is 3.06. The van der Waals surface area contributed by atoms with Crippen molar-refractivity contribution in [1.29, 1.82) is 0 Å². The Hall–Kier alpha value is -0.190. The highest BCUT2D eigenvalue weighted by atomic mass is 19.1. The maximum atomic E-state index is 11.6. The van der Waals surface area contributed by atoms with E-state index in [2.05, 4.69) is 5.32 Å². The van der Waals surface area contributed by atoms with E-state index >= 15 is 0 Å². The first-order chi connectivity index (χ1) is 5.91. The van der Waals surface area contributed by atoms with Gasteiger partial charge >= 0.3 is 0 Å². The highest BCUT2D eigenvalue weighted by Crippen LogP contribution is 1.77. The first kappa shape index (κ1) is 11.8. The van der Waals surface area contributed by atoms with Crippen LogP contribution in [0.15, 0.2) is 0 Å². The van der Waals surface area contributed by atoms with Gasteiger partial charge in [-0.3, -0.25) is 4.39 Å². The topological polar surface area (TPSA) is 30.5 Å². The van der Waals surface area contributed by atoms with Gasteiger partial charge in [0.15, 0.2) is 0 Å². The van der Waals surface area contributed by atoms with Gasteiger partial charge in [-0.25, -0.2) is 0 Å². The van der Waals surface area contributed by atoms with Crippen LogP contribution in [-0.2, 0) is 9.47 Å². The number of alkyl halides is 1. The first-order valence-corrected chi connectivity index (χ1v) is 4.25. The van der Waals surface area contributed by atoms with Crippen LogP contribution in [0.4, 0.5) is 4.39 Å². The molecule has 12 heavy (non-hydrogen) atoms. The summed E-state index contributed by atoms with van der Waals surface area (Å²) >= 11 is 0. The lowest BCUT2D eigenvalue weighted by Crippen LogP contribution is -2.21. The van der Waals surface area contributed by atoms with Crippen molar-refractivity contribution in [3.05, 3.63) is 0 Å². The molecule has 4 heteroatoms. The third-order valence-corrected chi connectivity index (χ3v) is 1.34. The monoisotopic (exact) mass is 179 g/mol. The van der Waals surface area contributed by atoms with Crippen molar-refractivity contribution in [3.63, 3.8) is 0 Å². The Morgan fingerprint density at radius 1 is 1.17 bits per heavy atom. The minimum atomic E-state index is -0.252. The SMILES string of the molecule is COCCOCCNCCCF. The molecule has 0 fully saturated rings. The van der Waals surface area contributed by atoms with Gasteiger partial charge < -0.3 is 14.8 Å². The molecule has 0 spiro atoms. The quantitative estimate of drug-likeness (QED) is 0.526. The fraction of sp³-hybridized carbons (Fsp3) is 1.00. The number of rotatable bonds is 9. The number of nitrogens with one attached hydrogen (secondary N) is 1. The second kappa shape index (κ2) is 10.8. The average molecular weight is 179 g/mol. The molecule has 0 aliphatic heterocycles. The van der Waals surface area contributed by atoms with Crippen LogP contribution in [-0.4, -0.2) is 46.7 Å². The normalized spacial score (nSPS) is 10.5. The van der Waals surface area contributed by atoms with Crippen molar-refractivity contribution >= 4 is 0 Å². The number of hydrogen-bond acceptors (Lipinski definition) is 3. The van der Waals surface area contributed by atoms with Crippen LogP contribution in [0.5, 0.6) is 0 Å². The Bertz CT molecular complexity index is 73.5. The smallest absolute Gasteiger partial charge is 0.0906 e. The van der Waals surface area contributed by atoms with Gasteiger partial charge in [0.25, 0.3) is 0 Å². The van der Waals surface area contributed by atoms with Gasteiger partial charge in [0.05, 0.1) is 26.5 Å². The van der Waals surface area contributed by atoms with Crippen LogP contribution in [0, 0.1) is 0 Å². The summed E-state index contributed by atoms with van der Waals surface area (Å²) in [5.74, 6) is 0. The molecular weight excluding hydrogens is 161 g/mol. The Morgan fingerprint density at radius 2 is 2.00 bits per heavy atom. The molecule has 0 rings (SSSR count). The van der Waals surface area contributed by atoms with Crippen molar-refractivity contribution in [3.8, 4) is 0 Å². The molecule has 0 radical (unpaired) electrons. The molecule has 0 amide bonds. The van der Waals surface area contributed by atoms with Crippen LogP contribution in [0.2, 0.25) is 0 Å². The van der Waals surface area contributed by atoms with Crippen molar-refractivity contribution in [2.45, 2.75) is 6.42 Å². The van der Waals surface area contributed by atoms with E-state index in [1.807, 2.05) is 0 Å². The summed E-state index contributed by atoms with van der Waals surface area (Å²) < 4.78 is 21.5. The van der Waals surface area contributed by atoms with Gasteiger partial charge in [0, 0.05) is 13.7 Å². The van der Waals surface area contributed by atoms with Crippen molar-refractivity contribution < 1.29 is 13.9 Å². The van der Waals surface area contributed by atoms with E-state index < -0.39 is 0 Å². The molecule has 0 saturated carbocycles. The van der Waals surface area contributed by atoms with Crippen molar-refractivity contribution in [1.82, 2.24) is 5.32 Å². The molecule has 0 aromatic rings. The highest BCUT2D eigenvalue weighted by molar-refractivity contribution is 4.45. The molecular formula is C8H18FNO2. The summed E-state index contributed by atoms with van der Waals surface area (Å²) in [7, 11) is 1.64. The second-order valence-corrected chi connectivity index (χ2v) is 2.40. The Morgan fingerprint density at radius 3 is 2.67 bits per heavy atom. The molecule has 0 heterocycles. The lowest BCUT2D eigenvalue weighted by molar-refractivity contribution is 0.0720. The predicted molar refractivity (Wildman–Crippen MR) is 46.2 cm³/mol. The third-order valence-electron chi connectivity index (χ3n) is 1.34. The van der Waals surface area contributed by atoms with E-state index in [9.17, 15) is 4.39 Å². The summed E-state index contributed by atoms with van der Waals surface area (Å²) in [5.41, 5.74) is 0. The van der Waals surface area contributed by atoms with Crippen LogP contribution in [0.3, 0.4) is 0 Å². The summed E-state index contributed by atoms with van der Waals surface area (Å²) in [6.45, 7) is 3.17. The molecule has 0 aliphatic carbocycles. The minimum Gasteiger partial charge on any atom is -0.382 e. The number of ether oxygens (including phenoxy) is 2. The van der Waals surface area contributed by atoms with Crippen LogP contribution in [0.25, 0.3) is 0 Å². The zero-order chi connectivity index (χ0) is 9.07. The standard InChI is InChI=1S/C8H18FNO2/c1-11-7-8-12-6-5-10-4-2-3-9/h10H,2-8H2,1H3. The highest BCUT2D eigenvalue weighted by Gasteiger charge is 1.88. The number of hydrogen-bond donors (Lipinski definition) is 1. The van der Waals surface area contributed by atoms with Gasteiger partial charge in [-0.2, -0.15) is 0 Å². The van der Waals surface area contributed by atoms with E-state index in [0.29, 0.717) is 26.2 Å². The average Bonchev–Trinajstić information content (AvgIpc) is 2.10. The third kappa shape index (κ3) is 9.81. The molecule has 0 aliphatic rings. The van der Waals surface area contributed by atoms with Gasteiger partial charge in [-0.05, 0) is 13.0 Å². The molecule has 0 aromatic carbocycles. The van der Waals surface area contributed by atoms with Gasteiger partial charge in [0.2, 0.25) is 0 Å². The lowest BCUT2D eigenvalue weighted by Gasteiger charge is -2.04. The molecule has 0 bridgehead atoms. The zero-order valence-corrected chi connectivity index (χ0v) is 7.64. The number of methoxy groups -OCH3 is 1. The number of halogens is 1. The van der Waals surface area contributed by atoms with Crippen molar-refractivity contribution in [2.75, 3.05) is 46.7 Å². The van der Waals surface area contributed by atoms with Gasteiger partial charge in [-0.1, -0.05) is 0 Å². The fourth-order valence-electron chi connectivity index (χ4n) is 0.705. The molecule has 1 N–H and O–H groups in total. The maximum absolute atomic E-state index is 11.6. The van der Waals surface area contributed by atoms with Crippen LogP contribution in [0.1, 0.15) is 6.42 Å². The van der Waals surface area contributed by atoms with E-state index in [1.54, 1.807) is 7.11 Å². The Kier molecular flexibility index (Phi) is 10.6. The Labute approximate surface area is 73.2 Å². The zero-order valence-electron chi connectivity index (χ0n) is 7.64.